The molecule has 0 fully saturated rings. The third kappa shape index (κ3) is 4.83. The standard InChI is InChI=1S/C19H24N2O4S/c1-13-6-8-17(11-15(13)3)21-26(23,24)18-12-16(7-5-14(18)2)19(22)20-9-10-25-4/h5-8,11-12,21H,9-10H2,1-4H3,(H,20,22). The number of sulfonamides is 1. The molecular weight excluding hydrogens is 352 g/mol. The summed E-state index contributed by atoms with van der Waals surface area (Å²) in [5.41, 5.74) is 3.41. The molecule has 0 radical (unpaired) electrons. The molecule has 0 bridgehead atoms. The van der Waals surface area contributed by atoms with Crippen LogP contribution in [0.5, 0.6) is 0 Å². The van der Waals surface area contributed by atoms with Crippen LogP contribution in [-0.2, 0) is 14.8 Å². The first-order valence-corrected chi connectivity index (χ1v) is 9.71. The molecule has 2 aromatic rings. The van der Waals surface area contributed by atoms with Gasteiger partial charge in [0.05, 0.1) is 11.5 Å². The minimum atomic E-state index is -3.81. The van der Waals surface area contributed by atoms with Crippen LogP contribution in [0.2, 0.25) is 0 Å². The summed E-state index contributed by atoms with van der Waals surface area (Å²) in [6, 6.07) is 9.98. The molecule has 6 nitrogen and oxygen atoms in total. The summed E-state index contributed by atoms with van der Waals surface area (Å²) < 4.78 is 33.1. The van der Waals surface area contributed by atoms with Crippen molar-refractivity contribution in [3.05, 3.63) is 58.7 Å². The second-order valence-corrected chi connectivity index (χ2v) is 7.78. The molecule has 0 aromatic heterocycles. The number of carbonyl (C=O) groups is 1. The predicted octanol–water partition coefficient (Wildman–Crippen LogP) is 2.79. The van der Waals surface area contributed by atoms with Gasteiger partial charge in [0.1, 0.15) is 0 Å². The van der Waals surface area contributed by atoms with Crippen LogP contribution in [0.15, 0.2) is 41.3 Å². The van der Waals surface area contributed by atoms with Crippen LogP contribution in [0, 0.1) is 20.8 Å². The minimum absolute atomic E-state index is 0.0788. The molecule has 0 aliphatic rings. The smallest absolute Gasteiger partial charge is 0.262 e. The normalized spacial score (nSPS) is 11.2. The summed E-state index contributed by atoms with van der Waals surface area (Å²) in [5.74, 6) is -0.343. The molecule has 0 aliphatic carbocycles. The van der Waals surface area contributed by atoms with Gasteiger partial charge in [-0.2, -0.15) is 0 Å². The first-order valence-electron chi connectivity index (χ1n) is 8.22. The van der Waals surface area contributed by atoms with Crippen LogP contribution in [0.1, 0.15) is 27.0 Å². The average molecular weight is 376 g/mol. The second kappa shape index (κ2) is 8.33. The van der Waals surface area contributed by atoms with E-state index in [0.717, 1.165) is 11.1 Å². The van der Waals surface area contributed by atoms with E-state index in [4.69, 9.17) is 4.74 Å². The summed E-state index contributed by atoms with van der Waals surface area (Å²) in [5, 5.41) is 2.68. The highest BCUT2D eigenvalue weighted by atomic mass is 32.2. The van der Waals surface area contributed by atoms with Crippen LogP contribution < -0.4 is 10.0 Å². The van der Waals surface area contributed by atoms with Gasteiger partial charge < -0.3 is 10.1 Å². The Morgan fingerprint density at radius 1 is 1.00 bits per heavy atom. The van der Waals surface area contributed by atoms with Gasteiger partial charge in [0.15, 0.2) is 0 Å². The van der Waals surface area contributed by atoms with Gasteiger partial charge >= 0.3 is 0 Å². The summed E-state index contributed by atoms with van der Waals surface area (Å²) in [6.07, 6.45) is 0. The van der Waals surface area contributed by atoms with E-state index >= 15 is 0 Å². The average Bonchev–Trinajstić information content (AvgIpc) is 2.58. The number of nitrogens with one attached hydrogen (secondary N) is 2. The summed E-state index contributed by atoms with van der Waals surface area (Å²) in [6.45, 7) is 6.32. The number of hydrogen-bond acceptors (Lipinski definition) is 4. The van der Waals surface area contributed by atoms with Gasteiger partial charge in [-0.25, -0.2) is 8.42 Å². The van der Waals surface area contributed by atoms with E-state index in [1.165, 1.54) is 6.07 Å². The molecule has 7 heteroatoms. The quantitative estimate of drug-likeness (QED) is 0.728. The highest BCUT2D eigenvalue weighted by Gasteiger charge is 2.19. The molecular formula is C19H24N2O4S. The number of ether oxygens (including phenoxy) is 1. The number of benzene rings is 2. The van der Waals surface area contributed by atoms with Gasteiger partial charge in [-0.1, -0.05) is 12.1 Å². The van der Waals surface area contributed by atoms with E-state index in [-0.39, 0.29) is 16.4 Å². The number of anilines is 1. The van der Waals surface area contributed by atoms with Crippen LogP contribution >= 0.6 is 0 Å². The lowest BCUT2D eigenvalue weighted by Crippen LogP contribution is -2.27. The monoisotopic (exact) mass is 376 g/mol. The van der Waals surface area contributed by atoms with Crippen molar-refractivity contribution in [2.75, 3.05) is 25.0 Å². The molecule has 0 heterocycles. The largest absolute Gasteiger partial charge is 0.383 e. The fourth-order valence-electron chi connectivity index (χ4n) is 2.41. The molecule has 0 saturated carbocycles. The van der Waals surface area contributed by atoms with E-state index < -0.39 is 10.0 Å². The molecule has 2 aromatic carbocycles. The summed E-state index contributed by atoms with van der Waals surface area (Å²) >= 11 is 0. The Morgan fingerprint density at radius 3 is 2.35 bits per heavy atom. The van der Waals surface area contributed by atoms with Crippen molar-refractivity contribution in [2.24, 2.45) is 0 Å². The maximum Gasteiger partial charge on any atom is 0.262 e. The van der Waals surface area contributed by atoms with Crippen LogP contribution in [0.25, 0.3) is 0 Å². The topological polar surface area (TPSA) is 84.5 Å². The van der Waals surface area contributed by atoms with E-state index in [1.54, 1.807) is 38.3 Å². The SMILES string of the molecule is COCCNC(=O)c1ccc(C)c(S(=O)(=O)Nc2ccc(C)c(C)c2)c1. The Bertz CT molecular complexity index is 908. The fourth-order valence-corrected chi connectivity index (χ4v) is 3.74. The Balaban J connectivity index is 2.29. The van der Waals surface area contributed by atoms with Gasteiger partial charge in [-0.3, -0.25) is 9.52 Å². The van der Waals surface area contributed by atoms with Crippen molar-refractivity contribution >= 4 is 21.6 Å². The first-order chi connectivity index (χ1) is 12.2. The van der Waals surface area contributed by atoms with Crippen LogP contribution in [-0.4, -0.2) is 34.6 Å². The summed E-state index contributed by atoms with van der Waals surface area (Å²) in [7, 11) is -2.27. The third-order valence-electron chi connectivity index (χ3n) is 4.09. The van der Waals surface area contributed by atoms with Crippen molar-refractivity contribution < 1.29 is 17.9 Å². The molecule has 0 atom stereocenters. The number of rotatable bonds is 7. The first kappa shape index (κ1) is 19.9. The molecule has 0 unspecified atom stereocenters. The van der Waals surface area contributed by atoms with Crippen molar-refractivity contribution in [2.45, 2.75) is 25.7 Å². The molecule has 0 saturated heterocycles. The summed E-state index contributed by atoms with van der Waals surface area (Å²) in [4.78, 5) is 12.2. The van der Waals surface area contributed by atoms with E-state index in [1.807, 2.05) is 19.9 Å². The van der Waals surface area contributed by atoms with Gasteiger partial charge in [-0.05, 0) is 61.7 Å². The Morgan fingerprint density at radius 2 is 1.69 bits per heavy atom. The van der Waals surface area contributed by atoms with Crippen LogP contribution in [0.4, 0.5) is 5.69 Å². The highest BCUT2D eigenvalue weighted by Crippen LogP contribution is 2.22. The third-order valence-corrected chi connectivity index (χ3v) is 5.61. The minimum Gasteiger partial charge on any atom is -0.383 e. The maximum absolute atomic E-state index is 12.8. The fraction of sp³-hybridized carbons (Fsp3) is 0.316. The van der Waals surface area contributed by atoms with Crippen molar-refractivity contribution in [3.8, 4) is 0 Å². The number of hydrogen-bond donors (Lipinski definition) is 2. The highest BCUT2D eigenvalue weighted by molar-refractivity contribution is 7.92. The number of carbonyl (C=O) groups excluding carboxylic acids is 1. The van der Waals surface area contributed by atoms with Gasteiger partial charge in [0.2, 0.25) is 0 Å². The molecule has 0 aliphatic heterocycles. The lowest BCUT2D eigenvalue weighted by molar-refractivity contribution is 0.0937. The molecule has 0 spiro atoms. The number of methoxy groups -OCH3 is 1. The lowest BCUT2D eigenvalue weighted by atomic mass is 10.1. The molecule has 1 amide bonds. The van der Waals surface area contributed by atoms with Crippen molar-refractivity contribution in [1.29, 1.82) is 0 Å². The second-order valence-electron chi connectivity index (χ2n) is 6.13. The molecule has 140 valence electrons. The predicted molar refractivity (Wildman–Crippen MR) is 102 cm³/mol. The maximum atomic E-state index is 12.8. The van der Waals surface area contributed by atoms with Crippen molar-refractivity contribution in [1.82, 2.24) is 5.32 Å². The zero-order valence-electron chi connectivity index (χ0n) is 15.4. The van der Waals surface area contributed by atoms with Gasteiger partial charge in [0.25, 0.3) is 15.9 Å². The van der Waals surface area contributed by atoms with Crippen LogP contribution in [0.3, 0.4) is 0 Å². The van der Waals surface area contributed by atoms with E-state index in [2.05, 4.69) is 10.0 Å². The van der Waals surface area contributed by atoms with Crippen molar-refractivity contribution in [3.63, 3.8) is 0 Å². The van der Waals surface area contributed by atoms with E-state index in [9.17, 15) is 13.2 Å². The number of aryl methyl sites for hydroxylation is 3. The van der Waals surface area contributed by atoms with Gasteiger partial charge in [-0.15, -0.1) is 0 Å². The number of amides is 1. The Kier molecular flexibility index (Phi) is 6.39. The molecule has 2 rings (SSSR count). The Hall–Kier alpha value is -2.38. The molecule has 2 N–H and O–H groups in total. The van der Waals surface area contributed by atoms with E-state index in [0.29, 0.717) is 24.4 Å². The van der Waals surface area contributed by atoms with Gasteiger partial charge in [0, 0.05) is 24.9 Å². The zero-order valence-corrected chi connectivity index (χ0v) is 16.2. The lowest BCUT2D eigenvalue weighted by Gasteiger charge is -2.13. The Labute approximate surface area is 154 Å². The molecule has 26 heavy (non-hydrogen) atoms. The zero-order chi connectivity index (χ0) is 19.3.